The van der Waals surface area contributed by atoms with Crippen LogP contribution in [-0.2, 0) is 4.74 Å². The van der Waals surface area contributed by atoms with E-state index in [-0.39, 0.29) is 6.04 Å². The molecule has 2 rings (SSSR count). The van der Waals surface area contributed by atoms with Crippen LogP contribution < -0.4 is 11.1 Å². The molecule has 1 aromatic heterocycles. The van der Waals surface area contributed by atoms with Crippen molar-refractivity contribution >= 4 is 32.9 Å². The number of hydrogen-bond acceptors (Lipinski definition) is 3. The highest BCUT2D eigenvalue weighted by atomic mass is 79.9. The monoisotopic (exact) mass is 353 g/mol. The first-order valence-corrected chi connectivity index (χ1v) is 7.55. The predicted molar refractivity (Wildman–Crippen MR) is 87.2 cm³/mol. The van der Waals surface area contributed by atoms with Crippen molar-refractivity contribution in [3.05, 3.63) is 34.4 Å². The number of nitrogens with one attached hydrogen (secondary N) is 2. The number of fused-ring (bicyclic) bond motifs is 1. The van der Waals surface area contributed by atoms with E-state index in [1.165, 1.54) is 0 Å². The van der Waals surface area contributed by atoms with Gasteiger partial charge in [-0.15, -0.1) is 0 Å². The molecule has 0 saturated heterocycles. The minimum absolute atomic E-state index is 0.305. The third-order valence-corrected chi connectivity index (χ3v) is 3.62. The second-order valence-corrected chi connectivity index (χ2v) is 6.75. The highest BCUT2D eigenvalue weighted by molar-refractivity contribution is 9.10. The normalized spacial score (nSPS) is 13.2. The molecule has 2 aromatic rings. The van der Waals surface area contributed by atoms with Gasteiger partial charge in [0, 0.05) is 28.6 Å². The van der Waals surface area contributed by atoms with Crippen molar-refractivity contribution in [1.82, 2.24) is 10.3 Å². The summed E-state index contributed by atoms with van der Waals surface area (Å²) in [5, 5.41) is 3.74. The van der Waals surface area contributed by atoms with E-state index >= 15 is 0 Å². The van der Waals surface area contributed by atoms with Crippen LogP contribution in [0.5, 0.6) is 0 Å². The molecule has 1 aromatic carbocycles. The topological polar surface area (TPSA) is 80.1 Å². The van der Waals surface area contributed by atoms with E-state index in [9.17, 15) is 4.79 Å². The average Bonchev–Trinajstić information content (AvgIpc) is 2.79. The zero-order valence-corrected chi connectivity index (χ0v) is 14.0. The van der Waals surface area contributed by atoms with Gasteiger partial charge in [-0.2, -0.15) is 0 Å². The molecule has 1 heterocycles. The van der Waals surface area contributed by atoms with Crippen molar-refractivity contribution in [3.63, 3.8) is 0 Å². The van der Waals surface area contributed by atoms with E-state index in [1.807, 2.05) is 45.2 Å². The molecule has 0 bridgehead atoms. The summed E-state index contributed by atoms with van der Waals surface area (Å²) in [5.41, 5.74) is 7.61. The van der Waals surface area contributed by atoms with Crippen LogP contribution in [0.25, 0.3) is 10.9 Å². The lowest BCUT2D eigenvalue weighted by Crippen LogP contribution is -2.36. The Bertz CT molecular complexity index is 646. The first-order valence-electron chi connectivity index (χ1n) is 6.76. The quantitative estimate of drug-likeness (QED) is 0.790. The molecule has 0 spiro atoms. The lowest BCUT2D eigenvalue weighted by Gasteiger charge is -2.20. The molecule has 0 aliphatic rings. The number of benzene rings is 1. The van der Waals surface area contributed by atoms with Gasteiger partial charge in [-0.05, 0) is 48.3 Å². The number of alkyl carbamates (subject to hydrolysis) is 1. The lowest BCUT2D eigenvalue weighted by molar-refractivity contribution is 0.0524. The van der Waals surface area contributed by atoms with E-state index in [2.05, 4.69) is 26.2 Å². The number of aromatic amines is 1. The molecular formula is C15H20BrN3O2. The summed E-state index contributed by atoms with van der Waals surface area (Å²) in [6, 6.07) is 5.62. The van der Waals surface area contributed by atoms with Crippen molar-refractivity contribution in [3.8, 4) is 0 Å². The van der Waals surface area contributed by atoms with Gasteiger partial charge in [-0.3, -0.25) is 0 Å². The molecule has 0 fully saturated rings. The van der Waals surface area contributed by atoms with Crippen LogP contribution in [0.15, 0.2) is 28.9 Å². The van der Waals surface area contributed by atoms with E-state index < -0.39 is 11.7 Å². The van der Waals surface area contributed by atoms with Crippen LogP contribution in [0, 0.1) is 0 Å². The van der Waals surface area contributed by atoms with Gasteiger partial charge in [-0.25, -0.2) is 4.79 Å². The number of hydrogen-bond donors (Lipinski definition) is 3. The predicted octanol–water partition coefficient (Wildman–Crippen LogP) is 3.45. The van der Waals surface area contributed by atoms with Gasteiger partial charge in [0.05, 0.1) is 5.52 Å². The first-order chi connectivity index (χ1) is 9.78. The van der Waals surface area contributed by atoms with Gasteiger partial charge in [-0.1, -0.05) is 12.1 Å². The van der Waals surface area contributed by atoms with Crippen LogP contribution >= 0.6 is 15.9 Å². The highest BCUT2D eigenvalue weighted by Crippen LogP contribution is 2.28. The molecule has 114 valence electrons. The Labute approximate surface area is 132 Å². The second-order valence-electron chi connectivity index (χ2n) is 5.90. The zero-order chi connectivity index (χ0) is 15.6. The number of halogens is 1. The fourth-order valence-electron chi connectivity index (χ4n) is 2.06. The summed E-state index contributed by atoms with van der Waals surface area (Å²) in [6.07, 6.45) is 1.41. The van der Waals surface area contributed by atoms with E-state index in [4.69, 9.17) is 10.5 Å². The molecule has 21 heavy (non-hydrogen) atoms. The Balaban J connectivity index is 2.04. The molecule has 1 atom stereocenters. The Hall–Kier alpha value is -1.53. The number of para-hydroxylation sites is 1. The molecule has 0 aliphatic heterocycles. The second kappa shape index (κ2) is 6.07. The van der Waals surface area contributed by atoms with E-state index in [0.29, 0.717) is 6.54 Å². The van der Waals surface area contributed by atoms with Crippen LogP contribution in [0.2, 0.25) is 0 Å². The van der Waals surface area contributed by atoms with Crippen molar-refractivity contribution in [1.29, 1.82) is 0 Å². The van der Waals surface area contributed by atoms with Gasteiger partial charge in [0.2, 0.25) is 0 Å². The van der Waals surface area contributed by atoms with Crippen LogP contribution in [0.4, 0.5) is 4.79 Å². The molecule has 1 amide bonds. The highest BCUT2D eigenvalue weighted by Gasteiger charge is 2.18. The molecule has 0 radical (unpaired) electrons. The van der Waals surface area contributed by atoms with Gasteiger partial charge in [0.15, 0.2) is 0 Å². The molecular weight excluding hydrogens is 334 g/mol. The van der Waals surface area contributed by atoms with Gasteiger partial charge in [0.1, 0.15) is 5.60 Å². The molecule has 0 aliphatic carbocycles. The van der Waals surface area contributed by atoms with Gasteiger partial charge >= 0.3 is 6.09 Å². The van der Waals surface area contributed by atoms with Gasteiger partial charge in [0.25, 0.3) is 0 Å². The number of aromatic nitrogens is 1. The fraction of sp³-hybridized carbons (Fsp3) is 0.400. The largest absolute Gasteiger partial charge is 0.444 e. The van der Waals surface area contributed by atoms with E-state index in [1.54, 1.807) is 0 Å². The number of H-pyrrole nitrogens is 1. The minimum atomic E-state index is -0.514. The number of rotatable bonds is 3. The van der Waals surface area contributed by atoms with Crippen LogP contribution in [0.3, 0.4) is 0 Å². The average molecular weight is 354 g/mol. The summed E-state index contributed by atoms with van der Waals surface area (Å²) in [6.45, 7) is 5.78. The summed E-state index contributed by atoms with van der Waals surface area (Å²) in [4.78, 5) is 14.8. The van der Waals surface area contributed by atoms with Gasteiger partial charge < -0.3 is 20.8 Å². The number of carbonyl (C=O) groups is 1. The summed E-state index contributed by atoms with van der Waals surface area (Å²) < 4.78 is 6.18. The third kappa shape index (κ3) is 3.98. The van der Waals surface area contributed by atoms with Crippen LogP contribution in [-0.4, -0.2) is 23.2 Å². The van der Waals surface area contributed by atoms with Crippen molar-refractivity contribution < 1.29 is 9.53 Å². The number of nitrogens with two attached hydrogens (primary N) is 1. The molecule has 5 nitrogen and oxygen atoms in total. The minimum Gasteiger partial charge on any atom is -0.444 e. The summed E-state index contributed by atoms with van der Waals surface area (Å²) in [7, 11) is 0. The maximum Gasteiger partial charge on any atom is 0.407 e. The molecule has 4 N–H and O–H groups in total. The van der Waals surface area contributed by atoms with Crippen molar-refractivity contribution in [2.24, 2.45) is 5.73 Å². The Kier molecular flexibility index (Phi) is 4.58. The summed E-state index contributed by atoms with van der Waals surface area (Å²) in [5.74, 6) is 0. The zero-order valence-electron chi connectivity index (χ0n) is 12.4. The maximum absolute atomic E-state index is 11.6. The SMILES string of the molecule is CC(C)(C)OC(=O)NCC(N)c1c[nH]c2c(Br)cccc12. The number of amides is 1. The Morgan fingerprint density at radius 2 is 2.19 bits per heavy atom. The Morgan fingerprint density at radius 3 is 2.86 bits per heavy atom. The standard InChI is InChI=1S/C15H20BrN3O2/c1-15(2,3)21-14(20)19-8-12(17)10-7-18-13-9(10)5-4-6-11(13)16/h4-7,12,18H,8,17H2,1-3H3,(H,19,20). The maximum atomic E-state index is 11.6. The molecule has 6 heteroatoms. The van der Waals surface area contributed by atoms with E-state index in [0.717, 1.165) is 20.9 Å². The fourth-order valence-corrected chi connectivity index (χ4v) is 2.54. The lowest BCUT2D eigenvalue weighted by atomic mass is 10.1. The van der Waals surface area contributed by atoms with Crippen molar-refractivity contribution in [2.75, 3.05) is 6.54 Å². The summed E-state index contributed by atoms with van der Waals surface area (Å²) >= 11 is 3.49. The smallest absolute Gasteiger partial charge is 0.407 e. The number of ether oxygens (including phenoxy) is 1. The number of carbonyl (C=O) groups excluding carboxylic acids is 1. The van der Waals surface area contributed by atoms with Crippen LogP contribution in [0.1, 0.15) is 32.4 Å². The molecule has 1 unspecified atom stereocenters. The molecule has 0 saturated carbocycles. The first kappa shape index (κ1) is 15.9. The van der Waals surface area contributed by atoms with Crippen molar-refractivity contribution in [2.45, 2.75) is 32.4 Å². The Morgan fingerprint density at radius 1 is 1.48 bits per heavy atom. The third-order valence-electron chi connectivity index (χ3n) is 2.96.